The molecule has 108 valence electrons. The molecule has 20 heavy (non-hydrogen) atoms. The molecule has 0 aromatic heterocycles. The Hall–Kier alpha value is -1.63. The van der Waals surface area contributed by atoms with Crippen LogP contribution in [0.2, 0.25) is 0 Å². The Kier molecular flexibility index (Phi) is 7.00. The number of carbonyl (C=O) groups excluding carboxylic acids is 1. The molecule has 0 radical (unpaired) electrons. The van der Waals surface area contributed by atoms with E-state index in [2.05, 4.69) is 36.0 Å². The van der Waals surface area contributed by atoms with Gasteiger partial charge in [-0.1, -0.05) is 21.0 Å². The first-order valence-electron chi connectivity index (χ1n) is 5.87. The van der Waals surface area contributed by atoms with Crippen LogP contribution in [0.4, 0.5) is 4.39 Å². The highest BCUT2D eigenvalue weighted by atomic mass is 79.9. The molecule has 0 amide bonds. The third-order valence-corrected chi connectivity index (χ3v) is 3.05. The Morgan fingerprint density at radius 3 is 3.05 bits per heavy atom. The number of azide groups is 1. The molecule has 0 aliphatic heterocycles. The molecule has 8 heteroatoms. The largest absolute Gasteiger partial charge is 0.468 e. The highest BCUT2D eigenvalue weighted by molar-refractivity contribution is 9.10. The highest BCUT2D eigenvalue weighted by Gasteiger charge is 2.24. The fraction of sp³-hybridized carbons (Fsp3) is 0.417. The van der Waals surface area contributed by atoms with Gasteiger partial charge in [-0.3, -0.25) is 0 Å². The summed E-state index contributed by atoms with van der Waals surface area (Å²) in [6.07, 6.45) is 0.535. The lowest BCUT2D eigenvalue weighted by molar-refractivity contribution is -0.143. The van der Waals surface area contributed by atoms with Gasteiger partial charge in [0.1, 0.15) is 11.9 Å². The van der Waals surface area contributed by atoms with Crippen molar-refractivity contribution < 1.29 is 13.9 Å². The number of benzene rings is 1. The number of nitrogens with zero attached hydrogens (tertiary/aromatic N) is 3. The predicted molar refractivity (Wildman–Crippen MR) is 75.5 cm³/mol. The minimum absolute atomic E-state index is 0.204. The molecule has 1 rings (SSSR count). The molecule has 1 unspecified atom stereocenters. The normalized spacial score (nSPS) is 11.6. The van der Waals surface area contributed by atoms with E-state index in [1.807, 2.05) is 0 Å². The molecule has 0 bridgehead atoms. The molecule has 0 saturated carbocycles. The van der Waals surface area contributed by atoms with Gasteiger partial charge in [-0.2, -0.15) is 0 Å². The van der Waals surface area contributed by atoms with Gasteiger partial charge in [0.2, 0.25) is 0 Å². The van der Waals surface area contributed by atoms with E-state index in [0.29, 0.717) is 24.0 Å². The van der Waals surface area contributed by atoms with Crippen molar-refractivity contribution in [2.24, 2.45) is 5.11 Å². The van der Waals surface area contributed by atoms with Crippen LogP contribution >= 0.6 is 15.9 Å². The summed E-state index contributed by atoms with van der Waals surface area (Å²) in [6, 6.07) is 3.45. The summed E-state index contributed by atoms with van der Waals surface area (Å²) < 4.78 is 19.2. The van der Waals surface area contributed by atoms with E-state index in [9.17, 15) is 9.18 Å². The van der Waals surface area contributed by atoms with Gasteiger partial charge in [0.05, 0.1) is 7.11 Å². The number of methoxy groups -OCH3 is 1. The van der Waals surface area contributed by atoms with Gasteiger partial charge in [-0.15, -0.1) is 0 Å². The van der Waals surface area contributed by atoms with Crippen molar-refractivity contribution in [2.75, 3.05) is 20.2 Å². The Morgan fingerprint density at radius 1 is 1.65 bits per heavy atom. The summed E-state index contributed by atoms with van der Waals surface area (Å²) in [5, 5.41) is 6.28. The zero-order valence-electron chi connectivity index (χ0n) is 10.8. The van der Waals surface area contributed by atoms with Crippen LogP contribution in [0, 0.1) is 5.82 Å². The molecular formula is C12H14BrFN4O2. The maximum atomic E-state index is 13.8. The molecule has 0 fully saturated rings. The number of esters is 1. The number of hydrogen-bond acceptors (Lipinski definition) is 4. The maximum Gasteiger partial charge on any atom is 0.327 e. The molecule has 0 aliphatic rings. The summed E-state index contributed by atoms with van der Waals surface area (Å²) >= 11 is 3.24. The number of carbonyl (C=O) groups is 1. The monoisotopic (exact) mass is 344 g/mol. The SMILES string of the molecule is COC(=O)C(NCCCN=[N+]=[N-])c1cc(Br)ccc1F. The van der Waals surface area contributed by atoms with Crippen LogP contribution in [-0.4, -0.2) is 26.2 Å². The quantitative estimate of drug-likeness (QED) is 0.271. The van der Waals surface area contributed by atoms with Gasteiger partial charge in [-0.25, -0.2) is 9.18 Å². The topological polar surface area (TPSA) is 87.1 Å². The number of rotatable bonds is 7. The minimum atomic E-state index is -0.899. The van der Waals surface area contributed by atoms with Gasteiger partial charge in [0, 0.05) is 21.5 Å². The van der Waals surface area contributed by atoms with E-state index in [0.717, 1.165) is 0 Å². The Morgan fingerprint density at radius 2 is 2.40 bits per heavy atom. The van der Waals surface area contributed by atoms with Crippen molar-refractivity contribution >= 4 is 21.9 Å². The van der Waals surface area contributed by atoms with E-state index in [1.165, 1.54) is 19.2 Å². The van der Waals surface area contributed by atoms with Gasteiger partial charge < -0.3 is 10.1 Å². The van der Waals surface area contributed by atoms with Crippen LogP contribution in [0.3, 0.4) is 0 Å². The van der Waals surface area contributed by atoms with Crippen molar-refractivity contribution in [3.05, 3.63) is 44.5 Å². The van der Waals surface area contributed by atoms with Gasteiger partial charge in [0.25, 0.3) is 0 Å². The second-order valence-corrected chi connectivity index (χ2v) is 4.80. The predicted octanol–water partition coefficient (Wildman–Crippen LogP) is 3.09. The molecule has 0 spiro atoms. The molecule has 6 nitrogen and oxygen atoms in total. The first kappa shape index (κ1) is 16.4. The van der Waals surface area contributed by atoms with E-state index in [1.54, 1.807) is 6.07 Å². The lowest BCUT2D eigenvalue weighted by Gasteiger charge is -2.17. The van der Waals surface area contributed by atoms with Crippen LogP contribution < -0.4 is 5.32 Å². The van der Waals surface area contributed by atoms with E-state index >= 15 is 0 Å². The zero-order chi connectivity index (χ0) is 15.0. The number of hydrogen-bond donors (Lipinski definition) is 1. The maximum absolute atomic E-state index is 13.8. The second kappa shape index (κ2) is 8.52. The fourth-order valence-corrected chi connectivity index (χ4v) is 1.99. The first-order valence-corrected chi connectivity index (χ1v) is 6.66. The third kappa shape index (κ3) is 4.80. The molecule has 1 aromatic rings. The average Bonchev–Trinajstić information content (AvgIpc) is 2.45. The van der Waals surface area contributed by atoms with Crippen molar-refractivity contribution in [3.8, 4) is 0 Å². The summed E-state index contributed by atoms with van der Waals surface area (Å²) in [5.74, 6) is -1.07. The Balaban J connectivity index is 2.81. The Labute approximate surface area is 124 Å². The highest BCUT2D eigenvalue weighted by Crippen LogP contribution is 2.22. The van der Waals surface area contributed by atoms with E-state index in [4.69, 9.17) is 5.53 Å². The molecular weight excluding hydrogens is 331 g/mol. The number of halogens is 2. The first-order chi connectivity index (χ1) is 9.60. The molecule has 0 aliphatic carbocycles. The molecule has 0 saturated heterocycles. The van der Waals surface area contributed by atoms with Crippen molar-refractivity contribution in [1.82, 2.24) is 5.32 Å². The van der Waals surface area contributed by atoms with Crippen LogP contribution in [0.5, 0.6) is 0 Å². The Bertz CT molecular complexity index is 520. The zero-order valence-corrected chi connectivity index (χ0v) is 12.4. The number of nitrogens with one attached hydrogen (secondary N) is 1. The lowest BCUT2D eigenvalue weighted by Crippen LogP contribution is -2.31. The van der Waals surface area contributed by atoms with Crippen molar-refractivity contribution in [3.63, 3.8) is 0 Å². The van der Waals surface area contributed by atoms with Crippen LogP contribution in [0.25, 0.3) is 10.4 Å². The van der Waals surface area contributed by atoms with Crippen LogP contribution in [0.1, 0.15) is 18.0 Å². The summed E-state index contributed by atoms with van der Waals surface area (Å²) in [7, 11) is 1.24. The summed E-state index contributed by atoms with van der Waals surface area (Å²) in [4.78, 5) is 14.4. The summed E-state index contributed by atoms with van der Waals surface area (Å²) in [6.45, 7) is 0.698. The molecule has 1 N–H and O–H groups in total. The standard InChI is InChI=1S/C12H14BrFN4O2/c1-20-12(19)11(16-5-2-6-17-18-15)9-7-8(13)3-4-10(9)14/h3-4,7,11,16H,2,5-6H2,1H3. The molecule has 1 aromatic carbocycles. The fourth-order valence-electron chi connectivity index (χ4n) is 1.61. The average molecular weight is 345 g/mol. The molecule has 0 heterocycles. The minimum Gasteiger partial charge on any atom is -0.468 e. The van der Waals surface area contributed by atoms with Gasteiger partial charge in [0.15, 0.2) is 0 Å². The number of ether oxygens (including phenoxy) is 1. The molecule has 1 atom stereocenters. The van der Waals surface area contributed by atoms with E-state index < -0.39 is 17.8 Å². The van der Waals surface area contributed by atoms with Crippen LogP contribution in [-0.2, 0) is 9.53 Å². The van der Waals surface area contributed by atoms with Gasteiger partial charge in [-0.05, 0) is 36.7 Å². The van der Waals surface area contributed by atoms with Crippen LogP contribution in [0.15, 0.2) is 27.8 Å². The third-order valence-electron chi connectivity index (χ3n) is 2.55. The lowest BCUT2D eigenvalue weighted by atomic mass is 10.1. The van der Waals surface area contributed by atoms with E-state index in [-0.39, 0.29) is 5.56 Å². The smallest absolute Gasteiger partial charge is 0.327 e. The van der Waals surface area contributed by atoms with Gasteiger partial charge >= 0.3 is 5.97 Å². The second-order valence-electron chi connectivity index (χ2n) is 3.88. The van der Waals surface area contributed by atoms with Crippen molar-refractivity contribution in [1.29, 1.82) is 0 Å². The van der Waals surface area contributed by atoms with Crippen molar-refractivity contribution in [2.45, 2.75) is 12.5 Å². The summed E-state index contributed by atoms with van der Waals surface area (Å²) in [5.41, 5.74) is 8.36.